The van der Waals surface area contributed by atoms with Crippen molar-refractivity contribution >= 4 is 5.91 Å². The van der Waals surface area contributed by atoms with E-state index < -0.39 is 0 Å². The van der Waals surface area contributed by atoms with E-state index in [1.807, 2.05) is 54.3 Å². The molecule has 2 atom stereocenters. The monoisotopic (exact) mass is 378 g/mol. The van der Waals surface area contributed by atoms with E-state index in [-0.39, 0.29) is 17.7 Å². The number of benzene rings is 1. The maximum absolute atomic E-state index is 12.9. The molecule has 28 heavy (non-hydrogen) atoms. The Kier molecular flexibility index (Phi) is 5.16. The Balaban J connectivity index is 1.55. The zero-order valence-corrected chi connectivity index (χ0v) is 15.9. The van der Waals surface area contributed by atoms with Gasteiger partial charge in [-0.25, -0.2) is 0 Å². The first-order chi connectivity index (χ1) is 13.7. The second kappa shape index (κ2) is 7.90. The fourth-order valence-corrected chi connectivity index (χ4v) is 3.56. The van der Waals surface area contributed by atoms with Crippen molar-refractivity contribution in [3.8, 4) is 11.5 Å². The largest absolute Gasteiger partial charge is 0.420 e. The van der Waals surface area contributed by atoms with Crippen molar-refractivity contribution in [2.24, 2.45) is 5.92 Å². The first-order valence-corrected chi connectivity index (χ1v) is 9.25. The summed E-state index contributed by atoms with van der Waals surface area (Å²) in [6.45, 7) is 3.50. The lowest BCUT2D eigenvalue weighted by Gasteiger charge is -2.16. The molecule has 1 saturated heterocycles. The Morgan fingerprint density at radius 3 is 2.71 bits per heavy atom. The summed E-state index contributed by atoms with van der Waals surface area (Å²) in [4.78, 5) is 18.9. The van der Waals surface area contributed by atoms with Gasteiger partial charge in [0.2, 0.25) is 11.8 Å². The third kappa shape index (κ3) is 3.66. The van der Waals surface area contributed by atoms with Crippen molar-refractivity contribution in [1.29, 1.82) is 0 Å². The molecule has 0 spiro atoms. The van der Waals surface area contributed by atoms with Crippen LogP contribution in [-0.4, -0.2) is 52.8 Å². The van der Waals surface area contributed by atoms with Crippen LogP contribution in [0.2, 0.25) is 0 Å². The van der Waals surface area contributed by atoms with Gasteiger partial charge in [0.15, 0.2) is 0 Å². The fourth-order valence-electron chi connectivity index (χ4n) is 3.56. The van der Waals surface area contributed by atoms with E-state index in [9.17, 15) is 4.79 Å². The number of likely N-dealkylation sites (tertiary alicyclic amines) is 1. The van der Waals surface area contributed by atoms with E-state index in [2.05, 4.69) is 15.2 Å². The van der Waals surface area contributed by atoms with Crippen LogP contribution >= 0.6 is 0 Å². The van der Waals surface area contributed by atoms with Gasteiger partial charge in [-0.2, -0.15) is 0 Å². The van der Waals surface area contributed by atoms with Crippen LogP contribution in [0.25, 0.3) is 11.5 Å². The van der Waals surface area contributed by atoms with Gasteiger partial charge < -0.3 is 14.1 Å². The zero-order chi connectivity index (χ0) is 19.5. The highest BCUT2D eigenvalue weighted by molar-refractivity contribution is 5.94. The average molecular weight is 378 g/mol. The maximum Gasteiger partial charge on any atom is 0.255 e. The van der Waals surface area contributed by atoms with Crippen molar-refractivity contribution < 1.29 is 13.9 Å². The standard InChI is InChI=1S/C21H22N4O3/c1-14-8-9-16(10-22-14)21(26)25-11-17(13-27-2)18(12-25)20-24-23-19(28-20)15-6-4-3-5-7-15/h3-10,17-18H,11-13H2,1-2H3/t17-,18+/m0/s1. The number of hydrogen-bond donors (Lipinski definition) is 0. The minimum Gasteiger partial charge on any atom is -0.420 e. The number of pyridine rings is 1. The van der Waals surface area contributed by atoms with E-state index in [1.54, 1.807) is 13.3 Å². The summed E-state index contributed by atoms with van der Waals surface area (Å²) in [7, 11) is 1.66. The first-order valence-electron chi connectivity index (χ1n) is 9.25. The van der Waals surface area contributed by atoms with Gasteiger partial charge in [0.1, 0.15) is 0 Å². The van der Waals surface area contributed by atoms with E-state index in [4.69, 9.17) is 9.15 Å². The molecule has 1 aliphatic rings. The Hall–Kier alpha value is -3.06. The molecular formula is C21H22N4O3. The molecule has 7 heteroatoms. The first kappa shape index (κ1) is 18.3. The van der Waals surface area contributed by atoms with E-state index >= 15 is 0 Å². The molecule has 0 saturated carbocycles. The summed E-state index contributed by atoms with van der Waals surface area (Å²) < 4.78 is 11.3. The molecule has 1 aromatic carbocycles. The molecule has 0 aliphatic carbocycles. The summed E-state index contributed by atoms with van der Waals surface area (Å²) in [6.07, 6.45) is 1.62. The van der Waals surface area contributed by atoms with Crippen molar-refractivity contribution in [2.45, 2.75) is 12.8 Å². The molecule has 1 aliphatic heterocycles. The topological polar surface area (TPSA) is 81.4 Å². The molecule has 0 radical (unpaired) electrons. The van der Waals surface area contributed by atoms with Crippen LogP contribution in [-0.2, 0) is 4.74 Å². The number of rotatable bonds is 5. The number of amides is 1. The number of carbonyl (C=O) groups is 1. The molecule has 2 aromatic heterocycles. The number of ether oxygens (including phenoxy) is 1. The highest BCUT2D eigenvalue weighted by atomic mass is 16.5. The van der Waals surface area contributed by atoms with Crippen molar-refractivity contribution in [1.82, 2.24) is 20.1 Å². The predicted octanol–water partition coefficient (Wildman–Crippen LogP) is 2.94. The second-order valence-corrected chi connectivity index (χ2v) is 7.03. The van der Waals surface area contributed by atoms with Crippen LogP contribution in [0, 0.1) is 12.8 Å². The van der Waals surface area contributed by atoms with Crippen LogP contribution in [0.15, 0.2) is 53.1 Å². The van der Waals surface area contributed by atoms with Gasteiger partial charge in [-0.05, 0) is 31.2 Å². The van der Waals surface area contributed by atoms with Gasteiger partial charge in [-0.1, -0.05) is 18.2 Å². The summed E-state index contributed by atoms with van der Waals surface area (Å²) in [5.74, 6) is 1.01. The number of methoxy groups -OCH3 is 1. The number of hydrogen-bond acceptors (Lipinski definition) is 6. The molecule has 144 valence electrons. The minimum atomic E-state index is -0.0627. The smallest absolute Gasteiger partial charge is 0.255 e. The van der Waals surface area contributed by atoms with Gasteiger partial charge in [0.25, 0.3) is 5.91 Å². The lowest BCUT2D eigenvalue weighted by atomic mass is 9.97. The Bertz CT molecular complexity index is 940. The SMILES string of the molecule is COC[C@@H]1CN(C(=O)c2ccc(C)nc2)C[C@H]1c1nnc(-c2ccccc2)o1. The summed E-state index contributed by atoms with van der Waals surface area (Å²) in [5, 5.41) is 8.46. The summed E-state index contributed by atoms with van der Waals surface area (Å²) in [6, 6.07) is 13.3. The van der Waals surface area contributed by atoms with Crippen LogP contribution in [0.3, 0.4) is 0 Å². The molecule has 0 bridgehead atoms. The predicted molar refractivity (Wildman–Crippen MR) is 103 cm³/mol. The highest BCUT2D eigenvalue weighted by Crippen LogP contribution is 2.34. The number of aryl methyl sites for hydroxylation is 1. The van der Waals surface area contributed by atoms with Crippen LogP contribution < -0.4 is 0 Å². The van der Waals surface area contributed by atoms with Gasteiger partial charge in [0.05, 0.1) is 18.1 Å². The highest BCUT2D eigenvalue weighted by Gasteiger charge is 2.39. The molecule has 3 heterocycles. The quantitative estimate of drug-likeness (QED) is 0.679. The van der Waals surface area contributed by atoms with Crippen molar-refractivity contribution in [2.75, 3.05) is 26.8 Å². The maximum atomic E-state index is 12.9. The second-order valence-electron chi connectivity index (χ2n) is 7.03. The number of nitrogens with zero attached hydrogens (tertiary/aromatic N) is 4. The number of aromatic nitrogens is 3. The van der Waals surface area contributed by atoms with Crippen molar-refractivity contribution in [3.63, 3.8) is 0 Å². The summed E-state index contributed by atoms with van der Waals surface area (Å²) in [5.41, 5.74) is 2.34. The molecule has 0 unspecified atom stereocenters. The molecule has 7 nitrogen and oxygen atoms in total. The Morgan fingerprint density at radius 2 is 2.00 bits per heavy atom. The average Bonchev–Trinajstić information content (AvgIpc) is 3.36. The van der Waals surface area contributed by atoms with Gasteiger partial charge in [-0.15, -0.1) is 10.2 Å². The van der Waals surface area contributed by atoms with E-state index in [0.717, 1.165) is 11.3 Å². The molecule has 0 N–H and O–H groups in total. The van der Waals surface area contributed by atoms with Gasteiger partial charge in [-0.3, -0.25) is 9.78 Å². The molecule has 1 fully saturated rings. The van der Waals surface area contributed by atoms with Gasteiger partial charge in [0, 0.05) is 43.6 Å². The number of carbonyl (C=O) groups excluding carboxylic acids is 1. The minimum absolute atomic E-state index is 0.0427. The van der Waals surface area contributed by atoms with Crippen LogP contribution in [0.4, 0.5) is 0 Å². The third-order valence-corrected chi connectivity index (χ3v) is 5.05. The lowest BCUT2D eigenvalue weighted by molar-refractivity contribution is 0.0775. The van der Waals surface area contributed by atoms with Crippen molar-refractivity contribution in [3.05, 3.63) is 65.8 Å². The third-order valence-electron chi connectivity index (χ3n) is 5.05. The lowest BCUT2D eigenvalue weighted by Crippen LogP contribution is -2.29. The molecule has 4 rings (SSSR count). The molecule has 3 aromatic rings. The van der Waals surface area contributed by atoms with E-state index in [0.29, 0.717) is 37.0 Å². The normalized spacial score (nSPS) is 19.1. The fraction of sp³-hybridized carbons (Fsp3) is 0.333. The van der Waals surface area contributed by atoms with Gasteiger partial charge >= 0.3 is 0 Å². The van der Waals surface area contributed by atoms with E-state index in [1.165, 1.54) is 0 Å². The zero-order valence-electron chi connectivity index (χ0n) is 15.9. The molecule has 1 amide bonds. The van der Waals surface area contributed by atoms with Crippen LogP contribution in [0.5, 0.6) is 0 Å². The Morgan fingerprint density at radius 1 is 1.18 bits per heavy atom. The summed E-state index contributed by atoms with van der Waals surface area (Å²) >= 11 is 0. The Labute approximate surface area is 163 Å². The van der Waals surface area contributed by atoms with Crippen LogP contribution in [0.1, 0.15) is 27.9 Å². The molecular weight excluding hydrogens is 356 g/mol.